The molecular formula is C18H17N3O3. The molecule has 0 aliphatic rings. The van der Waals surface area contributed by atoms with Crippen LogP contribution in [-0.2, 0) is 6.54 Å². The van der Waals surface area contributed by atoms with Gasteiger partial charge in [0.05, 0.1) is 5.52 Å². The van der Waals surface area contributed by atoms with E-state index in [1.807, 2.05) is 6.92 Å². The Labute approximate surface area is 138 Å². The molecule has 2 aromatic heterocycles. The van der Waals surface area contributed by atoms with Crippen molar-refractivity contribution in [1.29, 1.82) is 0 Å². The molecule has 0 aliphatic heterocycles. The van der Waals surface area contributed by atoms with Gasteiger partial charge in [-0.2, -0.15) is 0 Å². The Morgan fingerprint density at radius 2 is 1.96 bits per heavy atom. The second kappa shape index (κ2) is 6.54. The second-order valence-electron chi connectivity index (χ2n) is 5.37. The van der Waals surface area contributed by atoms with E-state index in [9.17, 15) is 14.7 Å². The highest BCUT2D eigenvalue weighted by Gasteiger charge is 2.22. The number of carbonyl (C=O) groups excluding carboxylic acids is 1. The van der Waals surface area contributed by atoms with Crippen molar-refractivity contribution in [1.82, 2.24) is 9.55 Å². The maximum absolute atomic E-state index is 12.7. The highest BCUT2D eigenvalue weighted by Crippen LogP contribution is 2.26. The lowest BCUT2D eigenvalue weighted by Gasteiger charge is -2.14. The van der Waals surface area contributed by atoms with Crippen LogP contribution in [0.5, 0.6) is 5.75 Å². The number of aromatic nitrogens is 2. The van der Waals surface area contributed by atoms with E-state index in [1.165, 1.54) is 10.8 Å². The molecule has 0 unspecified atom stereocenters. The summed E-state index contributed by atoms with van der Waals surface area (Å²) in [5.74, 6) is -0.667. The van der Waals surface area contributed by atoms with Gasteiger partial charge in [0.25, 0.3) is 11.5 Å². The Morgan fingerprint density at radius 3 is 2.67 bits per heavy atom. The Bertz CT molecular complexity index is 949. The molecule has 0 aliphatic carbocycles. The van der Waals surface area contributed by atoms with Crippen LogP contribution in [0, 0.1) is 0 Å². The molecular weight excluding hydrogens is 306 g/mol. The van der Waals surface area contributed by atoms with E-state index in [2.05, 4.69) is 10.3 Å². The lowest BCUT2D eigenvalue weighted by Crippen LogP contribution is -2.30. The summed E-state index contributed by atoms with van der Waals surface area (Å²) in [6.07, 6.45) is 2.27. The summed E-state index contributed by atoms with van der Waals surface area (Å²) in [6, 6.07) is 12.0. The van der Waals surface area contributed by atoms with E-state index in [1.54, 1.807) is 42.5 Å². The van der Waals surface area contributed by atoms with Crippen LogP contribution in [0.2, 0.25) is 0 Å². The number of benzene rings is 1. The second-order valence-corrected chi connectivity index (χ2v) is 5.37. The standard InChI is InChI=1S/C18H17N3O3/c1-2-11-21-13-8-4-3-7-12(13)16(22)15(18(21)24)17(23)20-14-9-5-6-10-19-14/h3-10,22H,2,11H2,1H3,(H,19,20,23). The molecule has 0 saturated heterocycles. The van der Waals surface area contributed by atoms with Crippen molar-refractivity contribution in [3.63, 3.8) is 0 Å². The summed E-state index contributed by atoms with van der Waals surface area (Å²) in [7, 11) is 0. The van der Waals surface area contributed by atoms with Crippen LogP contribution in [0.4, 0.5) is 5.82 Å². The van der Waals surface area contributed by atoms with E-state index < -0.39 is 11.5 Å². The fraction of sp³-hybridized carbons (Fsp3) is 0.167. The lowest BCUT2D eigenvalue weighted by molar-refractivity contribution is 0.102. The number of rotatable bonds is 4. The molecule has 24 heavy (non-hydrogen) atoms. The van der Waals surface area contributed by atoms with Crippen LogP contribution in [0.1, 0.15) is 23.7 Å². The van der Waals surface area contributed by atoms with Crippen molar-refractivity contribution in [2.24, 2.45) is 0 Å². The molecule has 3 aromatic rings. The average Bonchev–Trinajstić information content (AvgIpc) is 2.59. The van der Waals surface area contributed by atoms with E-state index in [-0.39, 0.29) is 11.3 Å². The molecule has 2 N–H and O–H groups in total. The molecule has 0 fully saturated rings. The van der Waals surface area contributed by atoms with Crippen LogP contribution >= 0.6 is 0 Å². The van der Waals surface area contributed by atoms with Gasteiger partial charge >= 0.3 is 0 Å². The predicted octanol–water partition coefficient (Wildman–Crippen LogP) is 2.76. The number of aromatic hydroxyl groups is 1. The maximum Gasteiger partial charge on any atom is 0.267 e. The van der Waals surface area contributed by atoms with E-state index >= 15 is 0 Å². The van der Waals surface area contributed by atoms with E-state index in [0.29, 0.717) is 23.3 Å². The number of fused-ring (bicyclic) bond motifs is 1. The fourth-order valence-electron chi connectivity index (χ4n) is 2.66. The van der Waals surface area contributed by atoms with Gasteiger partial charge in [-0.05, 0) is 30.7 Å². The Morgan fingerprint density at radius 1 is 1.21 bits per heavy atom. The van der Waals surface area contributed by atoms with Crippen molar-refractivity contribution in [3.05, 3.63) is 64.6 Å². The quantitative estimate of drug-likeness (QED) is 0.773. The van der Waals surface area contributed by atoms with Crippen LogP contribution < -0.4 is 10.9 Å². The van der Waals surface area contributed by atoms with Gasteiger partial charge in [0.2, 0.25) is 0 Å². The molecule has 122 valence electrons. The highest BCUT2D eigenvalue weighted by atomic mass is 16.3. The average molecular weight is 323 g/mol. The number of anilines is 1. The zero-order valence-corrected chi connectivity index (χ0v) is 13.2. The zero-order valence-electron chi connectivity index (χ0n) is 13.2. The molecule has 0 spiro atoms. The molecule has 0 atom stereocenters. The molecule has 1 amide bonds. The summed E-state index contributed by atoms with van der Waals surface area (Å²) in [5, 5.41) is 13.5. The van der Waals surface area contributed by atoms with Gasteiger partial charge in [0, 0.05) is 18.1 Å². The minimum atomic E-state index is -0.674. The smallest absolute Gasteiger partial charge is 0.267 e. The summed E-state index contributed by atoms with van der Waals surface area (Å²) in [6.45, 7) is 2.41. The largest absolute Gasteiger partial charge is 0.506 e. The lowest BCUT2D eigenvalue weighted by atomic mass is 10.1. The van der Waals surface area contributed by atoms with Crippen molar-refractivity contribution < 1.29 is 9.90 Å². The summed E-state index contributed by atoms with van der Waals surface area (Å²) < 4.78 is 1.52. The molecule has 1 aromatic carbocycles. The van der Waals surface area contributed by atoms with Crippen molar-refractivity contribution in [3.8, 4) is 5.75 Å². The first-order chi connectivity index (χ1) is 11.6. The number of nitrogens with one attached hydrogen (secondary N) is 1. The van der Waals surface area contributed by atoms with Gasteiger partial charge in [-0.15, -0.1) is 0 Å². The molecule has 0 saturated carbocycles. The molecule has 6 heteroatoms. The normalized spacial score (nSPS) is 10.7. The predicted molar refractivity (Wildman–Crippen MR) is 92.4 cm³/mol. The Hall–Kier alpha value is -3.15. The minimum absolute atomic E-state index is 0.271. The number of hydrogen-bond acceptors (Lipinski definition) is 4. The zero-order chi connectivity index (χ0) is 17.1. The molecule has 0 bridgehead atoms. The summed E-state index contributed by atoms with van der Waals surface area (Å²) >= 11 is 0. The summed E-state index contributed by atoms with van der Waals surface area (Å²) in [5.41, 5.74) is -0.175. The third-order valence-electron chi connectivity index (χ3n) is 3.73. The molecule has 3 rings (SSSR count). The number of carbonyl (C=O) groups is 1. The van der Waals surface area contributed by atoms with Gasteiger partial charge in [0.1, 0.15) is 17.1 Å². The van der Waals surface area contributed by atoms with Crippen molar-refractivity contribution >= 4 is 22.6 Å². The number of hydrogen-bond donors (Lipinski definition) is 2. The topological polar surface area (TPSA) is 84.2 Å². The monoisotopic (exact) mass is 323 g/mol. The van der Waals surface area contributed by atoms with Crippen LogP contribution in [0.25, 0.3) is 10.9 Å². The minimum Gasteiger partial charge on any atom is -0.506 e. The van der Waals surface area contributed by atoms with Gasteiger partial charge in [0.15, 0.2) is 0 Å². The van der Waals surface area contributed by atoms with Crippen molar-refractivity contribution in [2.45, 2.75) is 19.9 Å². The number of amides is 1. The Kier molecular flexibility index (Phi) is 4.29. The van der Waals surface area contributed by atoms with Gasteiger partial charge in [-0.1, -0.05) is 25.1 Å². The molecule has 0 radical (unpaired) electrons. The first-order valence-corrected chi connectivity index (χ1v) is 7.70. The van der Waals surface area contributed by atoms with Gasteiger partial charge < -0.3 is 15.0 Å². The Balaban J connectivity index is 2.17. The third kappa shape index (κ3) is 2.74. The SMILES string of the molecule is CCCn1c(=O)c(C(=O)Nc2ccccn2)c(O)c2ccccc21. The number of para-hydroxylation sites is 1. The van der Waals surface area contributed by atoms with E-state index in [0.717, 1.165) is 6.42 Å². The van der Waals surface area contributed by atoms with E-state index in [4.69, 9.17) is 0 Å². The van der Waals surface area contributed by atoms with Gasteiger partial charge in [-0.3, -0.25) is 9.59 Å². The van der Waals surface area contributed by atoms with Crippen LogP contribution in [-0.4, -0.2) is 20.6 Å². The first kappa shape index (κ1) is 15.7. The number of pyridine rings is 2. The van der Waals surface area contributed by atoms with Crippen LogP contribution in [0.3, 0.4) is 0 Å². The maximum atomic E-state index is 12.7. The molecule has 2 heterocycles. The highest BCUT2D eigenvalue weighted by molar-refractivity contribution is 6.08. The number of aryl methyl sites for hydroxylation is 1. The summed E-state index contributed by atoms with van der Waals surface area (Å²) in [4.78, 5) is 29.3. The number of nitrogens with zero attached hydrogens (tertiary/aromatic N) is 2. The first-order valence-electron chi connectivity index (χ1n) is 7.70. The van der Waals surface area contributed by atoms with Gasteiger partial charge in [-0.25, -0.2) is 4.98 Å². The van der Waals surface area contributed by atoms with Crippen molar-refractivity contribution in [2.75, 3.05) is 5.32 Å². The fourth-order valence-corrected chi connectivity index (χ4v) is 2.66. The third-order valence-corrected chi connectivity index (χ3v) is 3.73. The molecule has 6 nitrogen and oxygen atoms in total. The van der Waals surface area contributed by atoms with Crippen LogP contribution in [0.15, 0.2) is 53.5 Å².